The molecule has 1 N–H and O–H groups in total. The van der Waals surface area contributed by atoms with Gasteiger partial charge in [-0.05, 0) is 30.5 Å². The van der Waals surface area contributed by atoms with Crippen LogP contribution in [0.3, 0.4) is 0 Å². The van der Waals surface area contributed by atoms with Gasteiger partial charge in [-0.25, -0.2) is 0 Å². The maximum Gasteiger partial charge on any atom is 0.251 e. The maximum atomic E-state index is 11.8. The molecule has 0 saturated carbocycles. The van der Waals surface area contributed by atoms with E-state index in [9.17, 15) is 4.79 Å². The molecule has 0 bridgehead atoms. The first-order chi connectivity index (χ1) is 7.77. The number of aromatic nitrogens is 1. The van der Waals surface area contributed by atoms with Crippen molar-refractivity contribution in [2.45, 2.75) is 13.0 Å². The molecule has 2 aromatic heterocycles. The summed E-state index contributed by atoms with van der Waals surface area (Å²) in [6, 6.07) is 7.45. The summed E-state index contributed by atoms with van der Waals surface area (Å²) >= 11 is 1.64. The fourth-order valence-electron chi connectivity index (χ4n) is 1.39. The second kappa shape index (κ2) is 4.90. The number of carbonyl (C=O) groups is 1. The Balaban J connectivity index is 2.03. The Bertz CT molecular complexity index is 453. The molecule has 82 valence electrons. The summed E-state index contributed by atoms with van der Waals surface area (Å²) in [5.41, 5.74) is 0.637. The van der Waals surface area contributed by atoms with Gasteiger partial charge in [0.15, 0.2) is 0 Å². The van der Waals surface area contributed by atoms with E-state index in [-0.39, 0.29) is 11.9 Å². The molecule has 0 aliphatic rings. The van der Waals surface area contributed by atoms with E-state index in [0.717, 1.165) is 4.88 Å². The summed E-state index contributed by atoms with van der Waals surface area (Å²) in [7, 11) is 0. The van der Waals surface area contributed by atoms with Crippen molar-refractivity contribution in [1.82, 2.24) is 10.3 Å². The summed E-state index contributed by atoms with van der Waals surface area (Å²) in [5, 5.41) is 4.95. The zero-order chi connectivity index (χ0) is 11.4. The van der Waals surface area contributed by atoms with Crippen LogP contribution >= 0.6 is 11.3 Å². The van der Waals surface area contributed by atoms with E-state index < -0.39 is 0 Å². The van der Waals surface area contributed by atoms with E-state index in [2.05, 4.69) is 10.3 Å². The molecular weight excluding hydrogens is 220 g/mol. The van der Waals surface area contributed by atoms with Crippen LogP contribution in [0.15, 0.2) is 42.0 Å². The topological polar surface area (TPSA) is 42.0 Å². The SMILES string of the molecule is C[C@@H](NC(=O)c1ccncc1)c1cccs1. The molecule has 0 saturated heterocycles. The molecule has 4 heteroatoms. The molecule has 0 spiro atoms. The van der Waals surface area contributed by atoms with Gasteiger partial charge in [-0.1, -0.05) is 6.07 Å². The van der Waals surface area contributed by atoms with Gasteiger partial charge in [0.05, 0.1) is 6.04 Å². The first kappa shape index (κ1) is 10.8. The molecule has 2 aromatic rings. The average Bonchev–Trinajstić information content (AvgIpc) is 2.83. The van der Waals surface area contributed by atoms with E-state index in [4.69, 9.17) is 0 Å². The van der Waals surface area contributed by atoms with Crippen LogP contribution < -0.4 is 5.32 Å². The fraction of sp³-hybridized carbons (Fsp3) is 0.167. The number of hydrogen-bond donors (Lipinski definition) is 1. The van der Waals surface area contributed by atoms with Gasteiger partial charge in [-0.2, -0.15) is 0 Å². The minimum absolute atomic E-state index is 0.0423. The summed E-state index contributed by atoms with van der Waals surface area (Å²) in [6.45, 7) is 1.98. The van der Waals surface area contributed by atoms with Crippen molar-refractivity contribution >= 4 is 17.2 Å². The Labute approximate surface area is 98.2 Å². The summed E-state index contributed by atoms with van der Waals surface area (Å²) in [5.74, 6) is -0.0664. The molecule has 3 nitrogen and oxygen atoms in total. The van der Waals surface area contributed by atoms with E-state index in [1.54, 1.807) is 35.9 Å². The van der Waals surface area contributed by atoms with Gasteiger partial charge in [-0.15, -0.1) is 11.3 Å². The third kappa shape index (κ3) is 2.46. The highest BCUT2D eigenvalue weighted by molar-refractivity contribution is 7.10. The molecule has 0 unspecified atom stereocenters. The fourth-order valence-corrected chi connectivity index (χ4v) is 2.13. The summed E-state index contributed by atoms with van der Waals surface area (Å²) < 4.78 is 0. The maximum absolute atomic E-state index is 11.8. The number of nitrogens with one attached hydrogen (secondary N) is 1. The Morgan fingerprint density at radius 1 is 1.38 bits per heavy atom. The van der Waals surface area contributed by atoms with Crippen molar-refractivity contribution in [3.8, 4) is 0 Å². The van der Waals surface area contributed by atoms with Crippen LogP contribution in [0.1, 0.15) is 28.2 Å². The second-order valence-corrected chi connectivity index (χ2v) is 4.43. The number of amides is 1. The summed E-state index contributed by atoms with van der Waals surface area (Å²) in [4.78, 5) is 16.8. The lowest BCUT2D eigenvalue weighted by Crippen LogP contribution is -2.26. The van der Waals surface area contributed by atoms with Gasteiger partial charge in [0.1, 0.15) is 0 Å². The minimum atomic E-state index is -0.0664. The third-order valence-corrected chi connectivity index (χ3v) is 3.32. The molecule has 1 amide bonds. The van der Waals surface area contributed by atoms with Crippen molar-refractivity contribution in [1.29, 1.82) is 0 Å². The molecule has 0 aliphatic heterocycles. The molecule has 0 aromatic carbocycles. The van der Waals surface area contributed by atoms with Gasteiger partial charge in [0, 0.05) is 22.8 Å². The van der Waals surface area contributed by atoms with Crippen LogP contribution in [0.5, 0.6) is 0 Å². The molecule has 1 atom stereocenters. The predicted octanol–water partition coefficient (Wildman–Crippen LogP) is 2.63. The number of thiophene rings is 1. The predicted molar refractivity (Wildman–Crippen MR) is 64.4 cm³/mol. The first-order valence-corrected chi connectivity index (χ1v) is 5.89. The van der Waals surface area contributed by atoms with E-state index in [1.165, 1.54) is 0 Å². The van der Waals surface area contributed by atoms with Crippen LogP contribution in [0, 0.1) is 0 Å². The molecule has 16 heavy (non-hydrogen) atoms. The monoisotopic (exact) mass is 232 g/mol. The number of hydrogen-bond acceptors (Lipinski definition) is 3. The van der Waals surface area contributed by atoms with Gasteiger partial charge < -0.3 is 5.32 Å². The quantitative estimate of drug-likeness (QED) is 0.884. The molecule has 0 radical (unpaired) electrons. The van der Waals surface area contributed by atoms with Crippen molar-refractivity contribution in [3.05, 3.63) is 52.5 Å². The third-order valence-electron chi connectivity index (χ3n) is 2.26. The highest BCUT2D eigenvalue weighted by atomic mass is 32.1. The number of pyridine rings is 1. The van der Waals surface area contributed by atoms with E-state index in [0.29, 0.717) is 5.56 Å². The standard InChI is InChI=1S/C12H12N2OS/c1-9(11-3-2-8-16-11)14-12(15)10-4-6-13-7-5-10/h2-9H,1H3,(H,14,15)/t9-/m1/s1. The van der Waals surface area contributed by atoms with Gasteiger partial charge in [0.25, 0.3) is 5.91 Å². The zero-order valence-electron chi connectivity index (χ0n) is 8.88. The Hall–Kier alpha value is -1.68. The van der Waals surface area contributed by atoms with Crippen LogP contribution in [0.25, 0.3) is 0 Å². The normalized spacial score (nSPS) is 12.1. The second-order valence-electron chi connectivity index (χ2n) is 3.45. The van der Waals surface area contributed by atoms with E-state index in [1.807, 2.05) is 24.4 Å². The van der Waals surface area contributed by atoms with Gasteiger partial charge in [-0.3, -0.25) is 9.78 Å². The number of nitrogens with zero attached hydrogens (tertiary/aromatic N) is 1. The largest absolute Gasteiger partial charge is 0.345 e. The van der Waals surface area contributed by atoms with Crippen LogP contribution in [0.2, 0.25) is 0 Å². The Morgan fingerprint density at radius 3 is 2.75 bits per heavy atom. The van der Waals surface area contributed by atoms with Crippen molar-refractivity contribution in [2.75, 3.05) is 0 Å². The molecule has 0 fully saturated rings. The van der Waals surface area contributed by atoms with Crippen LogP contribution in [0.4, 0.5) is 0 Å². The number of rotatable bonds is 3. The van der Waals surface area contributed by atoms with E-state index >= 15 is 0 Å². The number of carbonyl (C=O) groups excluding carboxylic acids is 1. The lowest BCUT2D eigenvalue weighted by atomic mass is 10.2. The Morgan fingerprint density at radius 2 is 2.12 bits per heavy atom. The molecule has 0 aliphatic carbocycles. The highest BCUT2D eigenvalue weighted by Crippen LogP contribution is 2.18. The Kier molecular flexibility index (Phi) is 3.31. The molecular formula is C12H12N2OS. The van der Waals surface area contributed by atoms with Crippen molar-refractivity contribution in [2.24, 2.45) is 0 Å². The lowest BCUT2D eigenvalue weighted by Gasteiger charge is -2.11. The smallest absolute Gasteiger partial charge is 0.251 e. The summed E-state index contributed by atoms with van der Waals surface area (Å²) in [6.07, 6.45) is 3.23. The highest BCUT2D eigenvalue weighted by Gasteiger charge is 2.11. The van der Waals surface area contributed by atoms with Crippen LogP contribution in [-0.2, 0) is 0 Å². The zero-order valence-corrected chi connectivity index (χ0v) is 9.70. The van der Waals surface area contributed by atoms with Crippen LogP contribution in [-0.4, -0.2) is 10.9 Å². The van der Waals surface area contributed by atoms with Crippen molar-refractivity contribution < 1.29 is 4.79 Å². The van der Waals surface area contributed by atoms with Gasteiger partial charge in [0.2, 0.25) is 0 Å². The lowest BCUT2D eigenvalue weighted by molar-refractivity contribution is 0.0940. The molecule has 2 rings (SSSR count). The minimum Gasteiger partial charge on any atom is -0.345 e. The average molecular weight is 232 g/mol. The van der Waals surface area contributed by atoms with Gasteiger partial charge >= 0.3 is 0 Å². The van der Waals surface area contributed by atoms with Crippen molar-refractivity contribution in [3.63, 3.8) is 0 Å². The molecule has 2 heterocycles. The first-order valence-electron chi connectivity index (χ1n) is 5.01.